The van der Waals surface area contributed by atoms with Crippen LogP contribution < -0.4 is 9.80 Å². The van der Waals surface area contributed by atoms with Gasteiger partial charge in [0.05, 0.1) is 26.4 Å². The second kappa shape index (κ2) is 16.5. The van der Waals surface area contributed by atoms with Crippen molar-refractivity contribution in [2.24, 2.45) is 0 Å². The molecule has 0 radical (unpaired) electrons. The summed E-state index contributed by atoms with van der Waals surface area (Å²) in [6, 6.07) is 0. The second-order valence-corrected chi connectivity index (χ2v) is 8.29. The zero-order valence-corrected chi connectivity index (χ0v) is 18.6. The molecule has 2 rings (SSSR count). The van der Waals surface area contributed by atoms with Crippen LogP contribution in [0.3, 0.4) is 0 Å². The van der Waals surface area contributed by atoms with Crippen LogP contribution in [-0.4, -0.2) is 90.8 Å². The Bertz CT molecular complexity index is 423. The van der Waals surface area contributed by atoms with Crippen LogP contribution in [0.25, 0.3) is 0 Å². The lowest BCUT2D eigenvalue weighted by Crippen LogP contribution is -3.14. The van der Waals surface area contributed by atoms with Gasteiger partial charge in [0.15, 0.2) is 0 Å². The summed E-state index contributed by atoms with van der Waals surface area (Å²) in [5, 5.41) is 0. The Morgan fingerprint density at radius 3 is 1.37 bits per heavy atom. The van der Waals surface area contributed by atoms with E-state index in [0.29, 0.717) is 26.1 Å². The highest BCUT2D eigenvalue weighted by Gasteiger charge is 2.15. The quantitative estimate of drug-likeness (QED) is 0.257. The van der Waals surface area contributed by atoms with Gasteiger partial charge < -0.3 is 28.7 Å². The number of morpholine rings is 2. The summed E-state index contributed by atoms with van der Waals surface area (Å²) in [6.45, 7) is 10.0. The van der Waals surface area contributed by atoms with E-state index in [1.807, 2.05) is 0 Å². The van der Waals surface area contributed by atoms with Crippen molar-refractivity contribution in [1.29, 1.82) is 0 Å². The van der Waals surface area contributed by atoms with E-state index in [0.717, 1.165) is 104 Å². The third kappa shape index (κ3) is 12.5. The first-order chi connectivity index (χ1) is 14.7. The number of unbranched alkanes of at least 4 members (excludes halogenated alkanes) is 5. The van der Waals surface area contributed by atoms with E-state index < -0.39 is 0 Å². The summed E-state index contributed by atoms with van der Waals surface area (Å²) < 4.78 is 21.3. The van der Waals surface area contributed by atoms with E-state index in [-0.39, 0.29) is 11.9 Å². The Hall–Kier alpha value is -1.22. The monoisotopic (exact) mass is 430 g/mol. The minimum absolute atomic E-state index is 0.0793. The molecular weight excluding hydrogens is 388 g/mol. The van der Waals surface area contributed by atoms with Gasteiger partial charge in [-0.2, -0.15) is 0 Å². The molecule has 0 saturated carbocycles. The summed E-state index contributed by atoms with van der Waals surface area (Å²) in [7, 11) is 0. The molecule has 0 aromatic rings. The molecule has 0 atom stereocenters. The average molecular weight is 431 g/mol. The largest absolute Gasteiger partial charge is 0.460 e. The lowest BCUT2D eigenvalue weighted by Gasteiger charge is -2.23. The van der Waals surface area contributed by atoms with Gasteiger partial charge in [-0.1, -0.05) is 25.7 Å². The summed E-state index contributed by atoms with van der Waals surface area (Å²) >= 11 is 0. The number of carbonyl (C=O) groups is 2. The first-order valence-corrected chi connectivity index (χ1v) is 11.9. The Balaban J connectivity index is 1.30. The summed E-state index contributed by atoms with van der Waals surface area (Å²) in [5.74, 6) is -0.159. The van der Waals surface area contributed by atoms with Gasteiger partial charge in [-0.25, -0.2) is 0 Å². The predicted molar refractivity (Wildman–Crippen MR) is 112 cm³/mol. The first kappa shape index (κ1) is 25.0. The van der Waals surface area contributed by atoms with Crippen LogP contribution in [0, 0.1) is 0 Å². The molecule has 174 valence electrons. The highest BCUT2D eigenvalue weighted by molar-refractivity contribution is 5.69. The number of hydrogen-bond acceptors (Lipinski definition) is 6. The van der Waals surface area contributed by atoms with Crippen molar-refractivity contribution in [3.63, 3.8) is 0 Å². The van der Waals surface area contributed by atoms with E-state index in [1.165, 1.54) is 9.80 Å². The number of carbonyl (C=O) groups excluding carboxylic acids is 2. The molecule has 2 N–H and O–H groups in total. The third-order valence-electron chi connectivity index (χ3n) is 5.85. The van der Waals surface area contributed by atoms with Crippen molar-refractivity contribution in [1.82, 2.24) is 0 Å². The van der Waals surface area contributed by atoms with Crippen LogP contribution in [0.4, 0.5) is 0 Å². The van der Waals surface area contributed by atoms with E-state index >= 15 is 0 Å². The summed E-state index contributed by atoms with van der Waals surface area (Å²) in [4.78, 5) is 26.4. The molecule has 8 heteroatoms. The molecule has 0 aliphatic carbocycles. The van der Waals surface area contributed by atoms with Gasteiger partial charge in [-0.3, -0.25) is 9.59 Å². The van der Waals surface area contributed by atoms with Crippen molar-refractivity contribution in [3.8, 4) is 0 Å². The maximum Gasteiger partial charge on any atom is 0.305 e. The van der Waals surface area contributed by atoms with Gasteiger partial charge in [0.2, 0.25) is 0 Å². The fourth-order valence-electron chi connectivity index (χ4n) is 3.83. The normalized spacial score (nSPS) is 18.3. The van der Waals surface area contributed by atoms with Gasteiger partial charge in [0.1, 0.15) is 52.5 Å². The zero-order valence-electron chi connectivity index (χ0n) is 18.6. The van der Waals surface area contributed by atoms with E-state index in [2.05, 4.69) is 0 Å². The molecule has 2 heterocycles. The first-order valence-electron chi connectivity index (χ1n) is 11.9. The smallest absolute Gasteiger partial charge is 0.305 e. The molecule has 8 nitrogen and oxygen atoms in total. The molecule has 2 aliphatic heterocycles. The van der Waals surface area contributed by atoms with Gasteiger partial charge in [0, 0.05) is 12.8 Å². The molecule has 0 bridgehead atoms. The van der Waals surface area contributed by atoms with Gasteiger partial charge >= 0.3 is 11.9 Å². The van der Waals surface area contributed by atoms with Crippen LogP contribution in [-0.2, 0) is 28.5 Å². The number of ether oxygens (including phenoxy) is 4. The molecule has 0 aromatic carbocycles. The molecule has 2 fully saturated rings. The van der Waals surface area contributed by atoms with Crippen LogP contribution in [0.5, 0.6) is 0 Å². The second-order valence-electron chi connectivity index (χ2n) is 8.29. The van der Waals surface area contributed by atoms with Gasteiger partial charge in [-0.15, -0.1) is 0 Å². The highest BCUT2D eigenvalue weighted by Crippen LogP contribution is 2.09. The van der Waals surface area contributed by atoms with E-state index in [4.69, 9.17) is 18.9 Å². The highest BCUT2D eigenvalue weighted by atomic mass is 16.5. The lowest BCUT2D eigenvalue weighted by molar-refractivity contribution is -0.908. The van der Waals surface area contributed by atoms with Gasteiger partial charge in [0.25, 0.3) is 0 Å². The van der Waals surface area contributed by atoms with Gasteiger partial charge in [-0.05, 0) is 12.8 Å². The Morgan fingerprint density at radius 1 is 0.600 bits per heavy atom. The summed E-state index contributed by atoms with van der Waals surface area (Å²) in [6.07, 6.45) is 7.06. The number of quaternary nitrogens is 2. The minimum atomic E-state index is -0.0793. The maximum atomic E-state index is 11.8. The third-order valence-corrected chi connectivity index (χ3v) is 5.85. The molecule has 0 spiro atoms. The van der Waals surface area contributed by atoms with Crippen LogP contribution in [0.2, 0.25) is 0 Å². The molecule has 30 heavy (non-hydrogen) atoms. The Morgan fingerprint density at radius 2 is 0.967 bits per heavy atom. The minimum Gasteiger partial charge on any atom is -0.460 e. The van der Waals surface area contributed by atoms with Crippen LogP contribution in [0.1, 0.15) is 51.4 Å². The van der Waals surface area contributed by atoms with Crippen LogP contribution >= 0.6 is 0 Å². The van der Waals surface area contributed by atoms with Crippen molar-refractivity contribution in [2.45, 2.75) is 51.4 Å². The fourth-order valence-corrected chi connectivity index (χ4v) is 3.83. The Kier molecular flexibility index (Phi) is 13.7. The molecule has 2 saturated heterocycles. The van der Waals surface area contributed by atoms with Crippen LogP contribution in [0.15, 0.2) is 0 Å². The standard InChI is InChI=1S/C22H40N2O6/c25-21(29-19-13-23-9-15-27-16-10-23)7-5-3-1-2-4-6-8-22(26)30-20-14-24-11-17-28-18-12-24/h1-20H2/p+2. The molecule has 2 aliphatic rings. The van der Waals surface area contributed by atoms with Crippen molar-refractivity contribution in [3.05, 3.63) is 0 Å². The topological polar surface area (TPSA) is 79.9 Å². The van der Waals surface area contributed by atoms with E-state index in [1.54, 1.807) is 0 Å². The van der Waals surface area contributed by atoms with Crippen molar-refractivity contribution in [2.75, 3.05) is 78.9 Å². The summed E-state index contributed by atoms with van der Waals surface area (Å²) in [5.41, 5.74) is 0. The SMILES string of the molecule is O=C(CCCCCCCCC(=O)OCC[NH+]1CCOCC1)OCC[NH+]1CCOCC1. The number of nitrogens with one attached hydrogen (secondary N) is 2. The molecule has 0 amide bonds. The number of esters is 2. The zero-order chi connectivity index (χ0) is 21.3. The van der Waals surface area contributed by atoms with Crippen molar-refractivity contribution < 1.29 is 38.3 Å². The lowest BCUT2D eigenvalue weighted by atomic mass is 10.1. The molecule has 0 aromatic heterocycles. The average Bonchev–Trinajstić information content (AvgIpc) is 2.77. The maximum absolute atomic E-state index is 11.8. The molecule has 0 unspecified atom stereocenters. The fraction of sp³-hybridized carbons (Fsp3) is 0.909. The Labute approximate surface area is 181 Å². The number of rotatable bonds is 15. The van der Waals surface area contributed by atoms with E-state index in [9.17, 15) is 9.59 Å². The van der Waals surface area contributed by atoms with Crippen molar-refractivity contribution >= 4 is 11.9 Å². The predicted octanol–water partition coefficient (Wildman–Crippen LogP) is -0.976. The molecular formula is C22H42N2O6+2. The number of hydrogen-bond donors (Lipinski definition) is 2.